The second-order valence-corrected chi connectivity index (χ2v) is 19.3. The number of hydrogen-bond donors (Lipinski definition) is 0. The van der Waals surface area contributed by atoms with Crippen LogP contribution in [0.15, 0.2) is 0 Å². The molecule has 0 bridgehead atoms. The van der Waals surface area contributed by atoms with Gasteiger partial charge in [0.1, 0.15) is 0 Å². The van der Waals surface area contributed by atoms with Crippen LogP contribution in [-0.2, 0) is 4.43 Å². The van der Waals surface area contributed by atoms with Gasteiger partial charge in [-0.1, -0.05) is 47.3 Å². The van der Waals surface area contributed by atoms with E-state index in [4.69, 9.17) is 4.43 Å². The first-order chi connectivity index (χ1) is 8.83. The summed E-state index contributed by atoms with van der Waals surface area (Å²) >= 11 is 0. The molecule has 1 rings (SSSR count). The van der Waals surface area contributed by atoms with E-state index in [0.29, 0.717) is 17.1 Å². The highest BCUT2D eigenvalue weighted by atomic mass is 28.4. The molecule has 0 saturated carbocycles. The molecule has 1 aliphatic rings. The lowest BCUT2D eigenvalue weighted by atomic mass is 10.2. The summed E-state index contributed by atoms with van der Waals surface area (Å²) in [5, 5.41) is 0.317. The fourth-order valence-corrected chi connectivity index (χ4v) is 6.52. The second kappa shape index (κ2) is 5.86. The van der Waals surface area contributed by atoms with Gasteiger partial charge in [-0.2, -0.15) is 0 Å². The largest absolute Gasteiger partial charge is 0.415 e. The third-order valence-electron chi connectivity index (χ3n) is 5.39. The molecule has 2 nitrogen and oxygen atoms in total. The van der Waals surface area contributed by atoms with Crippen molar-refractivity contribution >= 4 is 16.4 Å². The number of hydrogen-bond acceptors (Lipinski definition) is 2. The van der Waals surface area contributed by atoms with Crippen molar-refractivity contribution in [1.29, 1.82) is 0 Å². The van der Waals surface area contributed by atoms with Crippen LogP contribution in [0, 0.1) is 0 Å². The first-order valence-corrected chi connectivity index (χ1v) is 14.7. The Bertz CT molecular complexity index is 330. The fourth-order valence-electron chi connectivity index (χ4n) is 2.82. The quantitative estimate of drug-likeness (QED) is 0.518. The molecule has 4 heteroatoms. The van der Waals surface area contributed by atoms with E-state index in [1.54, 1.807) is 0 Å². The standard InChI is InChI=1S/C16H37NOSi2/c1-11-13(2)17-14(15(17)19(6,7)8)12-18-20(9,10)16(3,4)5/h13-15H,11-12H2,1-10H3. The summed E-state index contributed by atoms with van der Waals surface area (Å²) in [5.74, 6) is 0. The third-order valence-corrected chi connectivity index (χ3v) is 12.3. The van der Waals surface area contributed by atoms with Crippen molar-refractivity contribution < 1.29 is 4.43 Å². The molecule has 20 heavy (non-hydrogen) atoms. The molecule has 1 saturated heterocycles. The Morgan fingerprint density at radius 1 is 1.10 bits per heavy atom. The maximum Gasteiger partial charge on any atom is 0.192 e. The van der Waals surface area contributed by atoms with Gasteiger partial charge in [-0.25, -0.2) is 0 Å². The molecule has 0 spiro atoms. The molecule has 0 aromatic carbocycles. The molecule has 1 heterocycles. The molecule has 0 amide bonds. The van der Waals surface area contributed by atoms with Crippen LogP contribution in [0.4, 0.5) is 0 Å². The highest BCUT2D eigenvalue weighted by Crippen LogP contribution is 2.42. The van der Waals surface area contributed by atoms with Crippen molar-refractivity contribution in [2.45, 2.75) is 96.6 Å². The van der Waals surface area contributed by atoms with E-state index in [1.165, 1.54) is 6.42 Å². The Morgan fingerprint density at radius 3 is 1.95 bits per heavy atom. The van der Waals surface area contributed by atoms with Gasteiger partial charge < -0.3 is 4.43 Å². The summed E-state index contributed by atoms with van der Waals surface area (Å²) in [7, 11) is -2.71. The van der Waals surface area contributed by atoms with E-state index in [9.17, 15) is 0 Å². The first kappa shape index (κ1) is 18.4. The summed E-state index contributed by atoms with van der Waals surface area (Å²) in [5.41, 5.74) is 0.821. The van der Waals surface area contributed by atoms with Crippen molar-refractivity contribution in [2.75, 3.05) is 6.61 Å². The minimum atomic E-state index is -1.60. The molecule has 1 fully saturated rings. The van der Waals surface area contributed by atoms with Crippen LogP contribution in [0.3, 0.4) is 0 Å². The highest BCUT2D eigenvalue weighted by molar-refractivity contribution is 6.78. The van der Waals surface area contributed by atoms with Crippen LogP contribution in [0.2, 0.25) is 37.8 Å². The molecule has 0 aromatic heterocycles. The van der Waals surface area contributed by atoms with Crippen molar-refractivity contribution in [3.63, 3.8) is 0 Å². The molecule has 0 N–H and O–H groups in total. The van der Waals surface area contributed by atoms with Crippen LogP contribution < -0.4 is 0 Å². The number of nitrogens with zero attached hydrogens (tertiary/aromatic N) is 1. The summed E-state index contributed by atoms with van der Waals surface area (Å²) in [4.78, 5) is 2.74. The van der Waals surface area contributed by atoms with Crippen molar-refractivity contribution in [3.05, 3.63) is 0 Å². The van der Waals surface area contributed by atoms with E-state index >= 15 is 0 Å². The molecule has 0 radical (unpaired) electrons. The zero-order valence-electron chi connectivity index (χ0n) is 15.5. The Kier molecular flexibility index (Phi) is 5.39. The predicted molar refractivity (Wildman–Crippen MR) is 95.7 cm³/mol. The molecule has 4 unspecified atom stereocenters. The molecule has 0 aromatic rings. The van der Waals surface area contributed by atoms with Crippen LogP contribution in [0.5, 0.6) is 0 Å². The van der Waals surface area contributed by atoms with Crippen molar-refractivity contribution in [3.8, 4) is 0 Å². The van der Waals surface area contributed by atoms with Crippen LogP contribution in [-0.4, -0.2) is 45.6 Å². The summed E-state index contributed by atoms with van der Waals surface area (Å²) in [6.45, 7) is 24.8. The maximum absolute atomic E-state index is 6.49. The van der Waals surface area contributed by atoms with Gasteiger partial charge in [-0.05, 0) is 31.5 Å². The Morgan fingerprint density at radius 2 is 1.60 bits per heavy atom. The molecular weight excluding hydrogens is 278 g/mol. The zero-order valence-corrected chi connectivity index (χ0v) is 17.5. The average molecular weight is 316 g/mol. The van der Waals surface area contributed by atoms with Gasteiger partial charge in [0, 0.05) is 17.7 Å². The highest BCUT2D eigenvalue weighted by Gasteiger charge is 2.56. The lowest BCUT2D eigenvalue weighted by Crippen LogP contribution is -2.42. The lowest BCUT2D eigenvalue weighted by molar-refractivity contribution is 0.255. The van der Waals surface area contributed by atoms with Gasteiger partial charge in [0.2, 0.25) is 0 Å². The van der Waals surface area contributed by atoms with E-state index in [0.717, 1.165) is 12.3 Å². The fraction of sp³-hybridized carbons (Fsp3) is 1.00. The van der Waals surface area contributed by atoms with E-state index < -0.39 is 16.4 Å². The van der Waals surface area contributed by atoms with E-state index in [2.05, 4.69) is 72.3 Å². The van der Waals surface area contributed by atoms with Crippen LogP contribution >= 0.6 is 0 Å². The molecular formula is C16H37NOSi2. The predicted octanol–water partition coefficient (Wildman–Crippen LogP) is 4.74. The van der Waals surface area contributed by atoms with Crippen molar-refractivity contribution in [1.82, 2.24) is 4.90 Å². The monoisotopic (exact) mass is 315 g/mol. The lowest BCUT2D eigenvalue weighted by Gasteiger charge is -2.36. The van der Waals surface area contributed by atoms with Crippen molar-refractivity contribution in [2.24, 2.45) is 0 Å². The van der Waals surface area contributed by atoms with E-state index in [1.807, 2.05) is 0 Å². The van der Waals surface area contributed by atoms with Gasteiger partial charge in [0.15, 0.2) is 8.32 Å². The zero-order chi connectivity index (χ0) is 15.9. The van der Waals surface area contributed by atoms with Crippen LogP contribution in [0.25, 0.3) is 0 Å². The minimum Gasteiger partial charge on any atom is -0.415 e. The van der Waals surface area contributed by atoms with Gasteiger partial charge in [-0.15, -0.1) is 0 Å². The summed E-state index contributed by atoms with van der Waals surface area (Å²) in [6.07, 6.45) is 1.25. The van der Waals surface area contributed by atoms with Gasteiger partial charge in [0.25, 0.3) is 0 Å². The number of rotatable bonds is 6. The smallest absolute Gasteiger partial charge is 0.192 e. The molecule has 120 valence electrons. The first-order valence-electron chi connectivity index (χ1n) is 8.24. The molecule has 1 aliphatic heterocycles. The summed E-state index contributed by atoms with van der Waals surface area (Å²) in [6, 6.07) is 1.39. The third kappa shape index (κ3) is 3.96. The van der Waals surface area contributed by atoms with Crippen LogP contribution in [0.1, 0.15) is 41.0 Å². The van der Waals surface area contributed by atoms with Gasteiger partial charge >= 0.3 is 0 Å². The van der Waals surface area contributed by atoms with E-state index in [-0.39, 0.29) is 0 Å². The molecule has 4 atom stereocenters. The van der Waals surface area contributed by atoms with Gasteiger partial charge in [-0.3, -0.25) is 4.90 Å². The Balaban J connectivity index is 2.68. The SMILES string of the molecule is CCC(C)N1C(CO[Si](C)(C)C(C)(C)C)C1[Si](C)(C)C. The summed E-state index contributed by atoms with van der Waals surface area (Å²) < 4.78 is 6.49. The second-order valence-electron chi connectivity index (χ2n) is 9.15. The minimum absolute atomic E-state index is 0.317. The molecule has 0 aliphatic carbocycles. The average Bonchev–Trinajstić information content (AvgIpc) is 2.98. The maximum atomic E-state index is 6.49. The van der Waals surface area contributed by atoms with Gasteiger partial charge in [0.05, 0.1) is 14.7 Å². The Hall–Kier alpha value is 0.354. The topological polar surface area (TPSA) is 12.2 Å². The Labute approximate surface area is 129 Å². The normalized spacial score (nSPS) is 29.4.